The summed E-state index contributed by atoms with van der Waals surface area (Å²) in [5.74, 6) is -0.0965. The maximum Gasteiger partial charge on any atom is 0.488 e. The summed E-state index contributed by atoms with van der Waals surface area (Å²) in [5.41, 5.74) is 7.90. The van der Waals surface area contributed by atoms with E-state index in [0.29, 0.717) is 12.2 Å². The lowest BCUT2D eigenvalue weighted by Crippen LogP contribution is -2.43. The van der Waals surface area contributed by atoms with Gasteiger partial charge in [0, 0.05) is 44.5 Å². The molecule has 0 saturated carbocycles. The van der Waals surface area contributed by atoms with Crippen LogP contribution < -0.4 is 15.2 Å². The number of rotatable bonds is 4. The van der Waals surface area contributed by atoms with E-state index < -0.39 is 10.5 Å². The third-order valence-electron chi connectivity index (χ3n) is 3.33. The number of piperazine rings is 1. The van der Waals surface area contributed by atoms with E-state index >= 15 is 0 Å². The molecule has 1 heterocycles. The maximum absolute atomic E-state index is 12.6. The maximum atomic E-state index is 12.6. The fourth-order valence-electron chi connectivity index (χ4n) is 2.21. The zero-order valence-electron chi connectivity index (χ0n) is 11.2. The number of nitrogens with one attached hydrogen (secondary N) is 1. The van der Waals surface area contributed by atoms with Gasteiger partial charge in [-0.1, -0.05) is 3.89 Å². The lowest BCUT2D eigenvalue weighted by Gasteiger charge is -2.28. The molecule has 3 N–H and O–H groups in total. The Bertz CT molecular complexity index is 586. The summed E-state index contributed by atoms with van der Waals surface area (Å²) in [4.78, 5) is 2.21. The van der Waals surface area contributed by atoms with Gasteiger partial charge in [0.25, 0.3) is 0 Å². The van der Waals surface area contributed by atoms with Crippen LogP contribution in [-0.2, 0) is 17.0 Å². The summed E-state index contributed by atoms with van der Waals surface area (Å²) in [7, 11) is -5.04. The first-order chi connectivity index (χ1) is 9.35. The van der Waals surface area contributed by atoms with Crippen LogP contribution in [0.15, 0.2) is 12.1 Å². The van der Waals surface area contributed by atoms with Gasteiger partial charge in [0.2, 0.25) is 0 Å². The lowest BCUT2D eigenvalue weighted by molar-refractivity contribution is 0.232. The van der Waals surface area contributed by atoms with Crippen molar-refractivity contribution in [3.63, 3.8) is 0 Å². The molecule has 0 atom stereocenters. The molecule has 6 nitrogen and oxygen atoms in total. The number of hydrogen-bond donors (Lipinski definition) is 2. The number of hydrogen-bond acceptors (Lipinski definition) is 6. The summed E-state index contributed by atoms with van der Waals surface area (Å²) in [6.07, 6.45) is 0. The molecule has 8 heteroatoms. The first kappa shape index (κ1) is 15.0. The molecule has 1 aliphatic heterocycles. The van der Waals surface area contributed by atoms with E-state index in [1.165, 1.54) is 12.1 Å². The minimum absolute atomic E-state index is 0.0965. The topological polar surface area (TPSA) is 84.7 Å². The van der Waals surface area contributed by atoms with E-state index in [-0.39, 0.29) is 5.75 Å². The van der Waals surface area contributed by atoms with Crippen molar-refractivity contribution in [2.45, 2.75) is 13.5 Å². The Morgan fingerprint density at radius 2 is 2.05 bits per heavy atom. The van der Waals surface area contributed by atoms with Gasteiger partial charge in [-0.3, -0.25) is 4.90 Å². The first-order valence-corrected chi connectivity index (χ1v) is 7.62. The average Bonchev–Trinajstić information content (AvgIpc) is 2.34. The van der Waals surface area contributed by atoms with Crippen LogP contribution in [0.25, 0.3) is 0 Å². The SMILES string of the molecule is Cc1c(N)cc(OS(=O)(=O)F)cc1CN1CCNCC1. The normalized spacial score (nSPS) is 17.1. The van der Waals surface area contributed by atoms with Crippen LogP contribution >= 0.6 is 0 Å². The van der Waals surface area contributed by atoms with Crippen LogP contribution in [0.3, 0.4) is 0 Å². The molecule has 1 saturated heterocycles. The van der Waals surface area contributed by atoms with E-state index in [1.807, 2.05) is 6.92 Å². The van der Waals surface area contributed by atoms with E-state index in [2.05, 4.69) is 14.4 Å². The van der Waals surface area contributed by atoms with Crippen LogP contribution in [0.2, 0.25) is 0 Å². The lowest BCUT2D eigenvalue weighted by atomic mass is 10.1. The molecule has 0 spiro atoms. The van der Waals surface area contributed by atoms with Gasteiger partial charge < -0.3 is 15.2 Å². The van der Waals surface area contributed by atoms with E-state index in [4.69, 9.17) is 5.73 Å². The fraction of sp³-hybridized carbons (Fsp3) is 0.500. The van der Waals surface area contributed by atoms with Gasteiger partial charge in [0.1, 0.15) is 5.75 Å². The van der Waals surface area contributed by atoms with Crippen LogP contribution in [0, 0.1) is 6.92 Å². The van der Waals surface area contributed by atoms with Crippen molar-refractivity contribution in [1.29, 1.82) is 0 Å². The Hall–Kier alpha value is -1.38. The van der Waals surface area contributed by atoms with Crippen LogP contribution in [0.5, 0.6) is 5.75 Å². The highest BCUT2D eigenvalue weighted by molar-refractivity contribution is 7.81. The minimum Gasteiger partial charge on any atom is -0.398 e. The van der Waals surface area contributed by atoms with Gasteiger partial charge in [-0.25, -0.2) is 0 Å². The number of nitrogen functional groups attached to an aromatic ring is 1. The number of halogens is 1. The van der Waals surface area contributed by atoms with E-state index in [9.17, 15) is 12.3 Å². The van der Waals surface area contributed by atoms with Crippen LogP contribution in [0.4, 0.5) is 9.57 Å². The fourth-order valence-corrected chi connectivity index (χ4v) is 2.53. The van der Waals surface area contributed by atoms with Crippen LogP contribution in [-0.4, -0.2) is 39.5 Å². The molecule has 1 aliphatic rings. The number of benzene rings is 1. The number of anilines is 1. The molecular formula is C12H18FN3O3S. The van der Waals surface area contributed by atoms with Gasteiger partial charge in [-0.2, -0.15) is 8.42 Å². The third-order valence-corrected chi connectivity index (χ3v) is 3.72. The van der Waals surface area contributed by atoms with Gasteiger partial charge >= 0.3 is 10.5 Å². The van der Waals surface area contributed by atoms with Crippen molar-refractivity contribution in [2.24, 2.45) is 0 Å². The van der Waals surface area contributed by atoms with Crippen molar-refractivity contribution in [2.75, 3.05) is 31.9 Å². The highest BCUT2D eigenvalue weighted by atomic mass is 32.3. The second-order valence-corrected chi connectivity index (χ2v) is 5.75. The summed E-state index contributed by atoms with van der Waals surface area (Å²) in [6.45, 7) is 6.08. The third kappa shape index (κ3) is 4.06. The summed E-state index contributed by atoms with van der Waals surface area (Å²) < 4.78 is 37.9. The van der Waals surface area contributed by atoms with Crippen LogP contribution in [0.1, 0.15) is 11.1 Å². The zero-order valence-corrected chi connectivity index (χ0v) is 12.0. The van der Waals surface area contributed by atoms with Gasteiger partial charge in [-0.05, 0) is 24.1 Å². The van der Waals surface area contributed by atoms with Crippen molar-refractivity contribution in [3.8, 4) is 5.75 Å². The van der Waals surface area contributed by atoms with Gasteiger partial charge in [0.15, 0.2) is 0 Å². The molecule has 0 amide bonds. The number of nitrogens with two attached hydrogens (primary N) is 1. The molecule has 2 rings (SSSR count). The smallest absolute Gasteiger partial charge is 0.398 e. The summed E-state index contributed by atoms with van der Waals surface area (Å²) in [5, 5.41) is 3.25. The molecular weight excluding hydrogens is 285 g/mol. The molecule has 0 aliphatic carbocycles. The molecule has 20 heavy (non-hydrogen) atoms. The standard InChI is InChI=1S/C12H18FN3O3S/c1-9-10(8-16-4-2-15-3-5-16)6-11(7-12(9)14)19-20(13,17)18/h6-7,15H,2-5,8,14H2,1H3. The molecule has 1 aromatic carbocycles. The molecule has 0 unspecified atom stereocenters. The number of nitrogens with zero attached hydrogens (tertiary/aromatic N) is 1. The van der Waals surface area contributed by atoms with Crippen molar-refractivity contribution in [1.82, 2.24) is 10.2 Å². The Balaban J connectivity index is 2.22. The van der Waals surface area contributed by atoms with Crippen molar-refractivity contribution >= 4 is 16.2 Å². The monoisotopic (exact) mass is 303 g/mol. The largest absolute Gasteiger partial charge is 0.488 e. The zero-order chi connectivity index (χ0) is 14.8. The quantitative estimate of drug-likeness (QED) is 0.625. The molecule has 1 aromatic rings. The molecule has 1 fully saturated rings. The predicted molar refractivity (Wildman–Crippen MR) is 74.4 cm³/mol. The average molecular weight is 303 g/mol. The van der Waals surface area contributed by atoms with E-state index in [0.717, 1.165) is 37.3 Å². The highest BCUT2D eigenvalue weighted by Crippen LogP contribution is 2.26. The predicted octanol–water partition coefficient (Wildman–Crippen LogP) is 0.576. The molecule has 0 bridgehead atoms. The highest BCUT2D eigenvalue weighted by Gasteiger charge is 2.16. The first-order valence-electron chi connectivity index (χ1n) is 6.31. The molecule has 0 radical (unpaired) electrons. The second-order valence-electron chi connectivity index (χ2n) is 4.80. The Morgan fingerprint density at radius 3 is 2.65 bits per heavy atom. The molecule has 112 valence electrons. The minimum atomic E-state index is -5.04. The Kier molecular flexibility index (Phi) is 4.46. The summed E-state index contributed by atoms with van der Waals surface area (Å²) in [6, 6.07) is 2.83. The van der Waals surface area contributed by atoms with Gasteiger partial charge in [-0.15, -0.1) is 0 Å². The van der Waals surface area contributed by atoms with Crippen molar-refractivity contribution in [3.05, 3.63) is 23.3 Å². The van der Waals surface area contributed by atoms with Crippen molar-refractivity contribution < 1.29 is 16.5 Å². The Labute approximate surface area is 118 Å². The van der Waals surface area contributed by atoms with Gasteiger partial charge in [0.05, 0.1) is 0 Å². The molecule has 0 aromatic heterocycles. The second kappa shape index (κ2) is 5.94. The Morgan fingerprint density at radius 1 is 1.40 bits per heavy atom. The summed E-state index contributed by atoms with van der Waals surface area (Å²) >= 11 is 0. The van der Waals surface area contributed by atoms with E-state index in [1.54, 1.807) is 0 Å².